The first-order chi connectivity index (χ1) is 14.4. The number of hydrogen-bond donors (Lipinski definition) is 0. The summed E-state index contributed by atoms with van der Waals surface area (Å²) in [4.78, 5) is 36.2. The van der Waals surface area contributed by atoms with Crippen molar-refractivity contribution in [3.63, 3.8) is 0 Å². The van der Waals surface area contributed by atoms with Crippen molar-refractivity contribution in [1.29, 1.82) is 0 Å². The van der Waals surface area contributed by atoms with Crippen LogP contribution in [0.15, 0.2) is 52.0 Å². The van der Waals surface area contributed by atoms with Gasteiger partial charge in [0.25, 0.3) is 17.5 Å². The second-order valence-electron chi connectivity index (χ2n) is 8.03. The number of hydrogen-bond acceptors (Lipinski definition) is 6. The van der Waals surface area contributed by atoms with Gasteiger partial charge in [-0.15, -0.1) is 0 Å². The van der Waals surface area contributed by atoms with Crippen LogP contribution in [-0.4, -0.2) is 28.0 Å². The zero-order valence-electron chi connectivity index (χ0n) is 16.2. The standard InChI is InChI=1S/C22H19N3O5/c1-12-2-7-15(25(28)29)10-17(12)18-9-8-16(30-18)11-23-24-21(26)19-13-3-4-14(6-5-13)20(19)22(24)27/h2-4,7-11,13-14,19-20H,5-6H2,1H3/b23-11-/t13-,14-,19-,20-/m0/s1. The van der Waals surface area contributed by atoms with Crippen molar-refractivity contribution in [2.24, 2.45) is 28.8 Å². The number of furan rings is 1. The molecule has 3 aliphatic carbocycles. The van der Waals surface area contributed by atoms with Gasteiger partial charge in [0.15, 0.2) is 0 Å². The number of aryl methyl sites for hydroxylation is 1. The van der Waals surface area contributed by atoms with Crippen LogP contribution in [0.3, 0.4) is 0 Å². The molecule has 6 rings (SSSR count). The van der Waals surface area contributed by atoms with E-state index < -0.39 is 4.92 Å². The molecule has 4 atom stereocenters. The molecule has 4 aliphatic rings. The van der Waals surface area contributed by atoms with Crippen LogP contribution < -0.4 is 0 Å². The van der Waals surface area contributed by atoms with Gasteiger partial charge in [0.05, 0.1) is 23.0 Å². The fourth-order valence-corrected chi connectivity index (χ4v) is 4.84. The Labute approximate surface area is 172 Å². The van der Waals surface area contributed by atoms with Crippen LogP contribution in [0, 0.1) is 40.7 Å². The molecule has 8 heteroatoms. The van der Waals surface area contributed by atoms with E-state index in [1.807, 2.05) is 6.92 Å². The number of amides is 2. The Morgan fingerprint density at radius 1 is 1.10 bits per heavy atom. The monoisotopic (exact) mass is 405 g/mol. The van der Waals surface area contributed by atoms with Gasteiger partial charge in [-0.1, -0.05) is 18.2 Å². The highest BCUT2D eigenvalue weighted by Crippen LogP contribution is 2.49. The number of benzene rings is 1. The van der Waals surface area contributed by atoms with Crippen LogP contribution in [0.5, 0.6) is 0 Å². The molecule has 2 bridgehead atoms. The lowest BCUT2D eigenvalue weighted by atomic mass is 9.63. The Balaban J connectivity index is 1.39. The van der Waals surface area contributed by atoms with Crippen LogP contribution >= 0.6 is 0 Å². The molecule has 0 N–H and O–H groups in total. The van der Waals surface area contributed by atoms with E-state index in [0.29, 0.717) is 17.1 Å². The summed E-state index contributed by atoms with van der Waals surface area (Å²) >= 11 is 0. The van der Waals surface area contributed by atoms with Crippen LogP contribution in [-0.2, 0) is 9.59 Å². The number of hydrazone groups is 1. The van der Waals surface area contributed by atoms with Gasteiger partial charge in [-0.05, 0) is 49.3 Å². The topological polar surface area (TPSA) is 106 Å². The normalized spacial score (nSPS) is 27.3. The summed E-state index contributed by atoms with van der Waals surface area (Å²) in [6.07, 6.45) is 7.34. The van der Waals surface area contributed by atoms with Crippen molar-refractivity contribution < 1.29 is 18.9 Å². The first-order valence-corrected chi connectivity index (χ1v) is 9.89. The van der Waals surface area contributed by atoms with E-state index in [-0.39, 0.29) is 41.2 Å². The molecule has 8 nitrogen and oxygen atoms in total. The minimum absolute atomic E-state index is 0.0266. The molecule has 1 saturated carbocycles. The van der Waals surface area contributed by atoms with E-state index in [0.717, 1.165) is 23.4 Å². The third-order valence-corrected chi connectivity index (χ3v) is 6.36. The highest BCUT2D eigenvalue weighted by molar-refractivity contribution is 6.06. The van der Waals surface area contributed by atoms with Crippen molar-refractivity contribution in [3.8, 4) is 11.3 Å². The summed E-state index contributed by atoms with van der Waals surface area (Å²) in [5.41, 5.74) is 1.41. The lowest BCUT2D eigenvalue weighted by Crippen LogP contribution is -2.38. The van der Waals surface area contributed by atoms with Crippen molar-refractivity contribution in [3.05, 3.63) is 63.9 Å². The van der Waals surface area contributed by atoms with Crippen molar-refractivity contribution in [1.82, 2.24) is 5.01 Å². The molecule has 30 heavy (non-hydrogen) atoms. The Morgan fingerprint density at radius 3 is 2.37 bits per heavy atom. The Hall–Kier alpha value is -3.55. The minimum atomic E-state index is -0.458. The lowest BCUT2D eigenvalue weighted by Gasteiger charge is -2.37. The molecule has 1 aromatic carbocycles. The summed E-state index contributed by atoms with van der Waals surface area (Å²) in [6.45, 7) is 1.83. The van der Waals surface area contributed by atoms with E-state index in [1.165, 1.54) is 18.3 Å². The van der Waals surface area contributed by atoms with Crippen LogP contribution in [0.1, 0.15) is 24.2 Å². The second kappa shape index (κ2) is 6.76. The first-order valence-electron chi connectivity index (χ1n) is 9.89. The van der Waals surface area contributed by atoms with Gasteiger partial charge in [0.2, 0.25) is 0 Å². The molecule has 1 saturated heterocycles. The van der Waals surface area contributed by atoms with E-state index in [2.05, 4.69) is 17.3 Å². The number of imide groups is 1. The Bertz CT molecular complexity index is 1100. The number of carbonyl (C=O) groups is 2. The number of allylic oxidation sites excluding steroid dienone is 2. The molecule has 2 amide bonds. The number of carbonyl (C=O) groups excluding carboxylic acids is 2. The highest BCUT2D eigenvalue weighted by Gasteiger charge is 2.56. The van der Waals surface area contributed by atoms with Crippen LogP contribution in [0.2, 0.25) is 0 Å². The predicted octanol–water partition coefficient (Wildman–Crippen LogP) is 3.69. The third-order valence-electron chi connectivity index (χ3n) is 6.36. The summed E-state index contributed by atoms with van der Waals surface area (Å²) in [7, 11) is 0. The summed E-state index contributed by atoms with van der Waals surface area (Å²) in [5.74, 6) is -0.0769. The maximum atomic E-state index is 12.8. The van der Waals surface area contributed by atoms with Crippen molar-refractivity contribution in [2.45, 2.75) is 19.8 Å². The summed E-state index contributed by atoms with van der Waals surface area (Å²) < 4.78 is 5.76. The molecular weight excluding hydrogens is 386 g/mol. The van der Waals surface area contributed by atoms with Crippen LogP contribution in [0.4, 0.5) is 5.69 Å². The number of fused-ring (bicyclic) bond motifs is 1. The van der Waals surface area contributed by atoms with Crippen molar-refractivity contribution >= 4 is 23.7 Å². The average molecular weight is 405 g/mol. The molecule has 1 aliphatic heterocycles. The van der Waals surface area contributed by atoms with Gasteiger partial charge < -0.3 is 4.42 Å². The van der Waals surface area contributed by atoms with Gasteiger partial charge >= 0.3 is 0 Å². The zero-order valence-corrected chi connectivity index (χ0v) is 16.2. The minimum Gasteiger partial charge on any atom is -0.455 e. The molecule has 1 aromatic heterocycles. The number of nitro benzene ring substituents is 1. The van der Waals surface area contributed by atoms with Gasteiger partial charge in [-0.3, -0.25) is 19.7 Å². The largest absolute Gasteiger partial charge is 0.455 e. The lowest BCUT2D eigenvalue weighted by molar-refractivity contribution is -0.384. The zero-order chi connectivity index (χ0) is 21.0. The summed E-state index contributed by atoms with van der Waals surface area (Å²) in [6, 6.07) is 7.90. The predicted molar refractivity (Wildman–Crippen MR) is 107 cm³/mol. The van der Waals surface area contributed by atoms with Gasteiger partial charge in [-0.2, -0.15) is 10.1 Å². The number of nitrogens with zero attached hydrogens (tertiary/aromatic N) is 3. The maximum absolute atomic E-state index is 12.8. The van der Waals surface area contributed by atoms with Gasteiger partial charge in [0, 0.05) is 17.7 Å². The fraction of sp³-hybridized carbons (Fsp3) is 0.318. The smallest absolute Gasteiger partial charge is 0.270 e. The molecule has 152 valence electrons. The van der Waals surface area contributed by atoms with E-state index in [4.69, 9.17) is 4.42 Å². The van der Waals surface area contributed by atoms with E-state index in [9.17, 15) is 19.7 Å². The van der Waals surface area contributed by atoms with Gasteiger partial charge in [-0.25, -0.2) is 0 Å². The maximum Gasteiger partial charge on any atom is 0.270 e. The van der Waals surface area contributed by atoms with Gasteiger partial charge in [0.1, 0.15) is 11.5 Å². The second-order valence-corrected chi connectivity index (χ2v) is 8.03. The third kappa shape index (κ3) is 2.79. The number of rotatable bonds is 4. The fourth-order valence-electron chi connectivity index (χ4n) is 4.84. The molecule has 2 fully saturated rings. The molecular formula is C22H19N3O5. The van der Waals surface area contributed by atoms with Crippen LogP contribution in [0.25, 0.3) is 11.3 Å². The molecule has 2 aromatic rings. The number of non-ortho nitro benzene ring substituents is 1. The SMILES string of the molecule is Cc1ccc([N+](=O)[O-])cc1-c1ccc(/C=N\N2C(=O)[C@@H]3[C@@H](C2=O)[C@H]2C=C[C@H]3CC2)o1. The Kier molecular flexibility index (Phi) is 4.16. The van der Waals surface area contributed by atoms with E-state index in [1.54, 1.807) is 18.2 Å². The number of nitro groups is 1. The quantitative estimate of drug-likeness (QED) is 0.254. The Morgan fingerprint density at radius 2 is 1.77 bits per heavy atom. The first kappa shape index (κ1) is 18.5. The average Bonchev–Trinajstić information content (AvgIpc) is 3.32. The molecule has 2 heterocycles. The van der Waals surface area contributed by atoms with E-state index >= 15 is 0 Å². The van der Waals surface area contributed by atoms with Crippen molar-refractivity contribution in [2.75, 3.05) is 0 Å². The highest BCUT2D eigenvalue weighted by atomic mass is 16.6. The summed E-state index contributed by atoms with van der Waals surface area (Å²) in [5, 5.41) is 16.2. The molecule has 0 spiro atoms. The molecule has 0 radical (unpaired) electrons. The molecule has 0 unspecified atom stereocenters.